The summed E-state index contributed by atoms with van der Waals surface area (Å²) in [6.45, 7) is 2.00. The first-order valence-corrected chi connectivity index (χ1v) is 5.73. The molecule has 0 radical (unpaired) electrons. The van der Waals surface area contributed by atoms with Crippen LogP contribution in [0.3, 0.4) is 0 Å². The number of thioether (sulfide) groups is 1. The van der Waals surface area contributed by atoms with Crippen molar-refractivity contribution in [1.82, 2.24) is 0 Å². The highest BCUT2D eigenvalue weighted by Crippen LogP contribution is 2.06. The number of hydrogen-bond acceptors (Lipinski definition) is 3. The van der Waals surface area contributed by atoms with Crippen molar-refractivity contribution >= 4 is 28.7 Å². The number of ketones is 1. The first-order valence-electron chi connectivity index (χ1n) is 4.50. The molecule has 2 nitrogen and oxygen atoms in total. The summed E-state index contributed by atoms with van der Waals surface area (Å²) >= 11 is 0.931. The van der Waals surface area contributed by atoms with E-state index in [4.69, 9.17) is 0 Å². The minimum Gasteiger partial charge on any atom is -0.285 e. The second-order valence-corrected chi connectivity index (χ2v) is 3.88. The lowest BCUT2D eigenvalue weighted by atomic mass is 10.1. The summed E-state index contributed by atoms with van der Waals surface area (Å²) in [6, 6.07) is 7.73. The average molecular weight is 220 g/mol. The Hall–Kier alpha value is -1.35. The Kier molecular flexibility index (Phi) is 4.31. The minimum atomic E-state index is -0.469. The molecule has 0 aliphatic carbocycles. The molecule has 0 spiro atoms. The molecule has 0 saturated heterocycles. The lowest BCUT2D eigenvalue weighted by molar-refractivity contribution is -0.128. The van der Waals surface area contributed by atoms with E-state index in [0.29, 0.717) is 0 Å². The van der Waals surface area contributed by atoms with Gasteiger partial charge in [-0.15, -0.1) is 0 Å². The molecule has 0 aliphatic heterocycles. The number of allylic oxidation sites excluding steroid dienone is 1. The lowest BCUT2D eigenvalue weighted by Gasteiger charge is -1.94. The first-order chi connectivity index (χ1) is 7.13. The molecular formula is C12H12O2S. The van der Waals surface area contributed by atoms with Crippen LogP contribution in [-0.2, 0) is 9.59 Å². The molecule has 0 unspecified atom stereocenters. The Balaban J connectivity index is 2.69. The van der Waals surface area contributed by atoms with Crippen LogP contribution >= 0.6 is 11.8 Å². The van der Waals surface area contributed by atoms with Crippen LogP contribution in [0.1, 0.15) is 11.1 Å². The van der Waals surface area contributed by atoms with E-state index in [1.165, 1.54) is 11.6 Å². The molecule has 0 N–H and O–H groups in total. The third-order valence-electron chi connectivity index (χ3n) is 1.89. The van der Waals surface area contributed by atoms with Gasteiger partial charge in [-0.1, -0.05) is 47.7 Å². The topological polar surface area (TPSA) is 34.1 Å². The summed E-state index contributed by atoms with van der Waals surface area (Å²) in [4.78, 5) is 22.1. The molecule has 1 rings (SSSR count). The minimum absolute atomic E-state index is 0.432. The fourth-order valence-electron chi connectivity index (χ4n) is 1.02. The highest BCUT2D eigenvalue weighted by atomic mass is 32.2. The third kappa shape index (κ3) is 3.72. The van der Waals surface area contributed by atoms with Crippen molar-refractivity contribution < 1.29 is 9.59 Å². The fraction of sp³-hybridized carbons (Fsp3) is 0.167. The van der Waals surface area contributed by atoms with Crippen LogP contribution in [0, 0.1) is 6.92 Å². The average Bonchev–Trinajstić information content (AvgIpc) is 2.26. The Labute approximate surface area is 93.4 Å². The van der Waals surface area contributed by atoms with E-state index in [-0.39, 0.29) is 0 Å². The van der Waals surface area contributed by atoms with Crippen molar-refractivity contribution in [3.05, 3.63) is 41.5 Å². The molecule has 1 aromatic rings. The van der Waals surface area contributed by atoms with E-state index in [2.05, 4.69) is 0 Å². The Morgan fingerprint density at radius 2 is 1.80 bits per heavy atom. The Morgan fingerprint density at radius 3 is 2.33 bits per heavy atom. The monoisotopic (exact) mass is 220 g/mol. The van der Waals surface area contributed by atoms with Crippen molar-refractivity contribution in [3.63, 3.8) is 0 Å². The SMILES string of the molecule is CSC(=O)C(=O)/C=C/c1ccc(C)cc1. The van der Waals surface area contributed by atoms with Gasteiger partial charge in [0, 0.05) is 0 Å². The molecule has 0 saturated carbocycles. The number of aryl methyl sites for hydroxylation is 1. The summed E-state index contributed by atoms with van der Waals surface area (Å²) in [5.74, 6) is -0.469. The number of carbonyl (C=O) groups excluding carboxylic acids is 2. The molecule has 0 heterocycles. The van der Waals surface area contributed by atoms with Gasteiger partial charge in [-0.2, -0.15) is 0 Å². The standard InChI is InChI=1S/C12H12O2S/c1-9-3-5-10(6-4-9)7-8-11(13)12(14)15-2/h3-8H,1-2H3/b8-7+. The molecule has 0 atom stereocenters. The number of rotatable bonds is 3. The number of carbonyl (C=O) groups is 2. The van der Waals surface area contributed by atoms with E-state index >= 15 is 0 Å². The second kappa shape index (κ2) is 5.51. The van der Waals surface area contributed by atoms with Crippen LogP contribution in [-0.4, -0.2) is 17.2 Å². The van der Waals surface area contributed by atoms with E-state index in [9.17, 15) is 9.59 Å². The zero-order valence-corrected chi connectivity index (χ0v) is 9.51. The second-order valence-electron chi connectivity index (χ2n) is 3.10. The van der Waals surface area contributed by atoms with Gasteiger partial charge in [-0.25, -0.2) is 0 Å². The summed E-state index contributed by atoms with van der Waals surface area (Å²) in [5, 5.41) is -0.432. The van der Waals surface area contributed by atoms with Gasteiger partial charge in [0.15, 0.2) is 0 Å². The Morgan fingerprint density at radius 1 is 1.20 bits per heavy atom. The molecule has 1 aromatic carbocycles. The predicted octanol–water partition coefficient (Wildman–Crippen LogP) is 2.47. The first kappa shape index (κ1) is 11.7. The maximum atomic E-state index is 11.2. The van der Waals surface area contributed by atoms with Crippen LogP contribution in [0.15, 0.2) is 30.3 Å². The summed E-state index contributed by atoms with van der Waals surface area (Å²) < 4.78 is 0. The van der Waals surface area contributed by atoms with Crippen molar-refractivity contribution in [2.75, 3.05) is 6.26 Å². The number of hydrogen-bond donors (Lipinski definition) is 0. The van der Waals surface area contributed by atoms with E-state index in [0.717, 1.165) is 17.3 Å². The highest BCUT2D eigenvalue weighted by Gasteiger charge is 2.06. The summed E-state index contributed by atoms with van der Waals surface area (Å²) in [7, 11) is 0. The zero-order chi connectivity index (χ0) is 11.3. The van der Waals surface area contributed by atoms with E-state index < -0.39 is 10.9 Å². The highest BCUT2D eigenvalue weighted by molar-refractivity contribution is 8.14. The molecule has 3 heteroatoms. The van der Waals surface area contributed by atoms with Crippen molar-refractivity contribution in [2.45, 2.75) is 6.92 Å². The molecule has 0 bridgehead atoms. The van der Waals surface area contributed by atoms with E-state index in [1.807, 2.05) is 31.2 Å². The van der Waals surface area contributed by atoms with Crippen LogP contribution in [0.5, 0.6) is 0 Å². The van der Waals surface area contributed by atoms with Gasteiger partial charge in [-0.3, -0.25) is 9.59 Å². The molecular weight excluding hydrogens is 208 g/mol. The van der Waals surface area contributed by atoms with Gasteiger partial charge in [0.2, 0.25) is 5.78 Å². The van der Waals surface area contributed by atoms with Gasteiger partial charge < -0.3 is 0 Å². The molecule has 0 amide bonds. The lowest BCUT2D eigenvalue weighted by Crippen LogP contribution is -2.04. The summed E-state index contributed by atoms with van der Waals surface area (Å²) in [6.07, 6.45) is 4.55. The van der Waals surface area contributed by atoms with Gasteiger partial charge in [0.1, 0.15) is 0 Å². The largest absolute Gasteiger partial charge is 0.285 e. The fourth-order valence-corrected chi connectivity index (χ4v) is 1.29. The van der Waals surface area contributed by atoms with Crippen molar-refractivity contribution in [3.8, 4) is 0 Å². The van der Waals surface area contributed by atoms with Gasteiger partial charge in [-0.05, 0) is 24.8 Å². The molecule has 0 aliphatic rings. The smallest absolute Gasteiger partial charge is 0.259 e. The molecule has 0 aromatic heterocycles. The van der Waals surface area contributed by atoms with Crippen molar-refractivity contribution in [1.29, 1.82) is 0 Å². The van der Waals surface area contributed by atoms with Crippen LogP contribution < -0.4 is 0 Å². The van der Waals surface area contributed by atoms with Gasteiger partial charge in [0.25, 0.3) is 5.12 Å². The van der Waals surface area contributed by atoms with Crippen LogP contribution in [0.4, 0.5) is 0 Å². The predicted molar refractivity (Wildman–Crippen MR) is 63.7 cm³/mol. The van der Waals surface area contributed by atoms with Crippen molar-refractivity contribution in [2.24, 2.45) is 0 Å². The quantitative estimate of drug-likeness (QED) is 0.579. The van der Waals surface area contributed by atoms with Gasteiger partial charge in [0.05, 0.1) is 0 Å². The van der Waals surface area contributed by atoms with Crippen LogP contribution in [0.25, 0.3) is 6.08 Å². The molecule has 15 heavy (non-hydrogen) atoms. The molecule has 0 fully saturated rings. The maximum absolute atomic E-state index is 11.2. The normalized spacial score (nSPS) is 10.5. The van der Waals surface area contributed by atoms with Crippen LogP contribution in [0.2, 0.25) is 0 Å². The third-order valence-corrected chi connectivity index (χ3v) is 2.46. The maximum Gasteiger partial charge on any atom is 0.259 e. The van der Waals surface area contributed by atoms with Gasteiger partial charge >= 0.3 is 0 Å². The van der Waals surface area contributed by atoms with E-state index in [1.54, 1.807) is 12.3 Å². The number of benzene rings is 1. The molecule has 78 valence electrons. The zero-order valence-electron chi connectivity index (χ0n) is 8.69. The Bertz CT molecular complexity index is 391. The summed E-state index contributed by atoms with van der Waals surface area (Å²) in [5.41, 5.74) is 2.08.